The highest BCUT2D eigenvalue weighted by Gasteiger charge is 2.41. The summed E-state index contributed by atoms with van der Waals surface area (Å²) in [7, 11) is 6.01. The summed E-state index contributed by atoms with van der Waals surface area (Å²) in [5.41, 5.74) is -0.00487. The van der Waals surface area contributed by atoms with Gasteiger partial charge in [-0.05, 0) is 37.0 Å². The van der Waals surface area contributed by atoms with Crippen molar-refractivity contribution in [3.8, 4) is 17.2 Å². The van der Waals surface area contributed by atoms with Gasteiger partial charge in [0.1, 0.15) is 5.54 Å². The van der Waals surface area contributed by atoms with Gasteiger partial charge >= 0.3 is 5.97 Å². The van der Waals surface area contributed by atoms with E-state index >= 15 is 0 Å². The topological polar surface area (TPSA) is 83.1 Å². The van der Waals surface area contributed by atoms with E-state index < -0.39 is 5.54 Å². The van der Waals surface area contributed by atoms with Gasteiger partial charge in [-0.2, -0.15) is 0 Å². The Hall–Kier alpha value is -2.44. The first kappa shape index (κ1) is 20.9. The molecule has 1 N–H and O–H groups in total. The van der Waals surface area contributed by atoms with Crippen LogP contribution < -0.4 is 19.5 Å². The van der Waals surface area contributed by atoms with E-state index in [0.717, 1.165) is 24.8 Å². The molecule has 150 valence electrons. The summed E-state index contributed by atoms with van der Waals surface area (Å²) in [5, 5.41) is 2.93. The van der Waals surface area contributed by atoms with Gasteiger partial charge in [0.05, 0.1) is 28.4 Å². The molecule has 7 nitrogen and oxygen atoms in total. The maximum Gasteiger partial charge on any atom is 0.331 e. The van der Waals surface area contributed by atoms with Crippen LogP contribution in [0.3, 0.4) is 0 Å². The van der Waals surface area contributed by atoms with Gasteiger partial charge in [-0.25, -0.2) is 4.79 Å². The van der Waals surface area contributed by atoms with Crippen LogP contribution >= 0.6 is 0 Å². The standard InChI is InChI=1S/C20H29NO6/c1-24-15-12-14(13-16(25-2)18(15)26-3)8-9-17(22)21-20(19(23)27-4)10-6-5-7-11-20/h12-13H,5-11H2,1-4H3,(H,21,22). The Morgan fingerprint density at radius 2 is 1.56 bits per heavy atom. The van der Waals surface area contributed by atoms with Crippen LogP contribution in [0, 0.1) is 0 Å². The lowest BCUT2D eigenvalue weighted by Crippen LogP contribution is -2.56. The molecule has 0 heterocycles. The molecule has 1 amide bonds. The molecule has 1 aromatic rings. The van der Waals surface area contributed by atoms with E-state index in [9.17, 15) is 9.59 Å². The van der Waals surface area contributed by atoms with Crippen molar-refractivity contribution < 1.29 is 28.5 Å². The maximum absolute atomic E-state index is 12.5. The smallest absolute Gasteiger partial charge is 0.331 e. The number of rotatable bonds is 8. The van der Waals surface area contributed by atoms with Gasteiger partial charge in [0, 0.05) is 6.42 Å². The SMILES string of the molecule is COC(=O)C1(NC(=O)CCc2cc(OC)c(OC)c(OC)c2)CCCCC1. The Balaban J connectivity index is 2.07. The third-order valence-electron chi connectivity index (χ3n) is 5.03. The number of hydrogen-bond acceptors (Lipinski definition) is 6. The number of amides is 1. The predicted octanol–water partition coefficient (Wildman–Crippen LogP) is 2.64. The normalized spacial score (nSPS) is 15.6. The van der Waals surface area contributed by atoms with Crippen molar-refractivity contribution in [2.24, 2.45) is 0 Å². The van der Waals surface area contributed by atoms with E-state index in [4.69, 9.17) is 18.9 Å². The van der Waals surface area contributed by atoms with Gasteiger partial charge in [0.15, 0.2) is 11.5 Å². The van der Waals surface area contributed by atoms with E-state index in [1.807, 2.05) is 12.1 Å². The molecule has 7 heteroatoms. The molecule has 0 atom stereocenters. The van der Waals surface area contributed by atoms with Crippen LogP contribution in [0.4, 0.5) is 0 Å². The summed E-state index contributed by atoms with van der Waals surface area (Å²) >= 11 is 0. The first-order valence-electron chi connectivity index (χ1n) is 9.18. The van der Waals surface area contributed by atoms with Gasteiger partial charge in [-0.15, -0.1) is 0 Å². The van der Waals surface area contributed by atoms with E-state index in [0.29, 0.717) is 36.5 Å². The third kappa shape index (κ3) is 4.84. The minimum absolute atomic E-state index is 0.170. The molecule has 1 saturated carbocycles. The molecule has 0 aromatic heterocycles. The van der Waals surface area contributed by atoms with Crippen molar-refractivity contribution in [2.75, 3.05) is 28.4 Å². The van der Waals surface area contributed by atoms with Gasteiger partial charge in [0.2, 0.25) is 11.7 Å². The van der Waals surface area contributed by atoms with E-state index in [2.05, 4.69) is 5.32 Å². The van der Waals surface area contributed by atoms with Crippen molar-refractivity contribution in [1.29, 1.82) is 0 Å². The predicted molar refractivity (Wildman–Crippen MR) is 100 cm³/mol. The Kier molecular flexibility index (Phi) is 7.33. The Labute approximate surface area is 160 Å². The van der Waals surface area contributed by atoms with Crippen molar-refractivity contribution >= 4 is 11.9 Å². The van der Waals surface area contributed by atoms with Crippen LogP contribution in [0.1, 0.15) is 44.1 Å². The summed E-state index contributed by atoms with van der Waals surface area (Å²) in [4.78, 5) is 24.8. The van der Waals surface area contributed by atoms with Crippen LogP contribution in [0.15, 0.2) is 12.1 Å². The summed E-state index contributed by atoms with van der Waals surface area (Å²) in [6.07, 6.45) is 4.85. The minimum Gasteiger partial charge on any atom is -0.493 e. The van der Waals surface area contributed by atoms with Gasteiger partial charge in [0.25, 0.3) is 0 Å². The molecule has 0 bridgehead atoms. The van der Waals surface area contributed by atoms with Crippen molar-refractivity contribution in [3.05, 3.63) is 17.7 Å². The fourth-order valence-electron chi connectivity index (χ4n) is 3.60. The van der Waals surface area contributed by atoms with Crippen LogP contribution in [0.25, 0.3) is 0 Å². The maximum atomic E-state index is 12.5. The number of nitrogens with one attached hydrogen (secondary N) is 1. The molecule has 2 rings (SSSR count). The number of esters is 1. The number of benzene rings is 1. The zero-order valence-corrected chi connectivity index (χ0v) is 16.6. The molecule has 1 fully saturated rings. The molecule has 0 saturated heterocycles. The second-order valence-electron chi connectivity index (χ2n) is 6.72. The molecule has 0 radical (unpaired) electrons. The quantitative estimate of drug-likeness (QED) is 0.699. The lowest BCUT2D eigenvalue weighted by Gasteiger charge is -2.35. The molecule has 0 aliphatic heterocycles. The number of methoxy groups -OCH3 is 4. The largest absolute Gasteiger partial charge is 0.493 e. The third-order valence-corrected chi connectivity index (χ3v) is 5.03. The molecular weight excluding hydrogens is 350 g/mol. The molecule has 0 spiro atoms. The lowest BCUT2D eigenvalue weighted by atomic mass is 9.81. The first-order valence-corrected chi connectivity index (χ1v) is 9.18. The highest BCUT2D eigenvalue weighted by atomic mass is 16.5. The van der Waals surface area contributed by atoms with Crippen molar-refractivity contribution in [1.82, 2.24) is 5.32 Å². The Bertz CT molecular complexity index is 641. The van der Waals surface area contributed by atoms with Crippen LogP contribution in [0.5, 0.6) is 17.2 Å². The van der Waals surface area contributed by atoms with Crippen molar-refractivity contribution in [3.63, 3.8) is 0 Å². The average Bonchev–Trinajstić information content (AvgIpc) is 2.71. The number of ether oxygens (including phenoxy) is 4. The molecule has 1 aromatic carbocycles. The van der Waals surface area contributed by atoms with E-state index in [1.54, 1.807) is 21.3 Å². The van der Waals surface area contributed by atoms with Gasteiger partial charge < -0.3 is 24.3 Å². The number of carbonyl (C=O) groups excluding carboxylic acids is 2. The first-order chi connectivity index (χ1) is 13.0. The number of hydrogen-bond donors (Lipinski definition) is 1. The van der Waals surface area contributed by atoms with Crippen molar-refractivity contribution in [2.45, 2.75) is 50.5 Å². The summed E-state index contributed by atoms with van der Waals surface area (Å²) in [6, 6.07) is 3.65. The van der Waals surface area contributed by atoms with E-state index in [1.165, 1.54) is 7.11 Å². The molecule has 1 aliphatic rings. The second-order valence-corrected chi connectivity index (χ2v) is 6.72. The highest BCUT2D eigenvalue weighted by molar-refractivity contribution is 5.88. The van der Waals surface area contributed by atoms with E-state index in [-0.39, 0.29) is 18.3 Å². The zero-order valence-electron chi connectivity index (χ0n) is 16.6. The summed E-state index contributed by atoms with van der Waals surface area (Å²) < 4.78 is 20.9. The van der Waals surface area contributed by atoms with Gasteiger partial charge in [-0.3, -0.25) is 4.79 Å². The fraction of sp³-hybridized carbons (Fsp3) is 0.600. The molecular formula is C20H29NO6. The van der Waals surface area contributed by atoms with Gasteiger partial charge in [-0.1, -0.05) is 19.3 Å². The lowest BCUT2D eigenvalue weighted by molar-refractivity contribution is -0.152. The summed E-state index contributed by atoms with van der Waals surface area (Å²) in [5.74, 6) is 1.08. The monoisotopic (exact) mass is 379 g/mol. The Morgan fingerprint density at radius 1 is 0.963 bits per heavy atom. The minimum atomic E-state index is -0.890. The average molecular weight is 379 g/mol. The molecule has 1 aliphatic carbocycles. The fourth-order valence-corrected chi connectivity index (χ4v) is 3.60. The Morgan fingerprint density at radius 3 is 2.04 bits per heavy atom. The number of aryl methyl sites for hydroxylation is 1. The van der Waals surface area contributed by atoms with Crippen LogP contribution in [-0.2, 0) is 20.7 Å². The number of carbonyl (C=O) groups is 2. The highest BCUT2D eigenvalue weighted by Crippen LogP contribution is 2.38. The molecule has 27 heavy (non-hydrogen) atoms. The molecule has 0 unspecified atom stereocenters. The zero-order chi connectivity index (χ0) is 19.9. The van der Waals surface area contributed by atoms with Crippen LogP contribution in [0.2, 0.25) is 0 Å². The van der Waals surface area contributed by atoms with Crippen LogP contribution in [-0.4, -0.2) is 45.9 Å². The second kappa shape index (κ2) is 9.48. The summed E-state index contributed by atoms with van der Waals surface area (Å²) in [6.45, 7) is 0.